The van der Waals surface area contributed by atoms with Gasteiger partial charge in [0.1, 0.15) is 5.82 Å². The van der Waals surface area contributed by atoms with Gasteiger partial charge in [-0.2, -0.15) is 0 Å². The number of para-hydroxylation sites is 1. The third-order valence-electron chi connectivity index (χ3n) is 4.34. The lowest BCUT2D eigenvalue weighted by Crippen LogP contribution is -2.50. The standard InChI is InChI=1S/C19H20FN3O3/c1-26-18(24)14-6-8-15(9-7-14)22-10-12-23(13-11-22)19(25)21-17-5-3-2-4-16(17)20/h2-9H,10-13H2,1H3,(H,21,25). The van der Waals surface area contributed by atoms with Crippen molar-refractivity contribution in [3.05, 3.63) is 59.9 Å². The highest BCUT2D eigenvalue weighted by Gasteiger charge is 2.22. The molecule has 0 aliphatic carbocycles. The van der Waals surface area contributed by atoms with Gasteiger partial charge in [-0.1, -0.05) is 12.1 Å². The number of carbonyl (C=O) groups excluding carboxylic acids is 2. The van der Waals surface area contributed by atoms with Gasteiger partial charge in [0.25, 0.3) is 0 Å². The van der Waals surface area contributed by atoms with Crippen LogP contribution in [0.1, 0.15) is 10.4 Å². The molecule has 136 valence electrons. The van der Waals surface area contributed by atoms with Gasteiger partial charge in [-0.25, -0.2) is 14.0 Å². The maximum atomic E-state index is 13.6. The number of methoxy groups -OCH3 is 1. The lowest BCUT2D eigenvalue weighted by atomic mass is 10.2. The molecule has 1 aliphatic rings. The van der Waals surface area contributed by atoms with E-state index in [1.165, 1.54) is 19.2 Å². The first kappa shape index (κ1) is 17.7. The first-order valence-electron chi connectivity index (χ1n) is 8.32. The molecule has 0 atom stereocenters. The lowest BCUT2D eigenvalue weighted by Gasteiger charge is -2.36. The molecule has 1 saturated heterocycles. The number of benzene rings is 2. The molecule has 3 rings (SSSR count). The maximum Gasteiger partial charge on any atom is 0.337 e. The van der Waals surface area contributed by atoms with Crippen molar-refractivity contribution in [1.29, 1.82) is 0 Å². The van der Waals surface area contributed by atoms with Crippen molar-refractivity contribution in [2.75, 3.05) is 43.5 Å². The summed E-state index contributed by atoms with van der Waals surface area (Å²) < 4.78 is 18.3. The number of amides is 2. The number of halogens is 1. The van der Waals surface area contributed by atoms with E-state index in [0.717, 1.165) is 5.69 Å². The molecule has 1 aliphatic heterocycles. The fraction of sp³-hybridized carbons (Fsp3) is 0.263. The van der Waals surface area contributed by atoms with Crippen LogP contribution in [0.5, 0.6) is 0 Å². The summed E-state index contributed by atoms with van der Waals surface area (Å²) in [6.07, 6.45) is 0. The number of hydrogen-bond donors (Lipinski definition) is 1. The van der Waals surface area contributed by atoms with Gasteiger partial charge in [0, 0.05) is 31.9 Å². The summed E-state index contributed by atoms with van der Waals surface area (Å²) in [5.41, 5.74) is 1.66. The Morgan fingerprint density at radius 3 is 2.27 bits per heavy atom. The monoisotopic (exact) mass is 357 g/mol. The average Bonchev–Trinajstić information content (AvgIpc) is 2.69. The molecular weight excluding hydrogens is 337 g/mol. The molecule has 0 unspecified atom stereocenters. The molecule has 0 saturated carbocycles. The van der Waals surface area contributed by atoms with Crippen LogP contribution in [-0.2, 0) is 4.74 Å². The van der Waals surface area contributed by atoms with Gasteiger partial charge in [-0.15, -0.1) is 0 Å². The number of rotatable bonds is 3. The van der Waals surface area contributed by atoms with Gasteiger partial charge in [0.15, 0.2) is 0 Å². The second-order valence-corrected chi connectivity index (χ2v) is 5.92. The fourth-order valence-electron chi connectivity index (χ4n) is 2.85. The number of anilines is 2. The fourth-order valence-corrected chi connectivity index (χ4v) is 2.85. The van der Waals surface area contributed by atoms with Crippen LogP contribution in [0.4, 0.5) is 20.6 Å². The van der Waals surface area contributed by atoms with Crippen molar-refractivity contribution < 1.29 is 18.7 Å². The molecule has 0 bridgehead atoms. The highest BCUT2D eigenvalue weighted by Crippen LogP contribution is 2.19. The SMILES string of the molecule is COC(=O)c1ccc(N2CCN(C(=O)Nc3ccccc3F)CC2)cc1. The smallest absolute Gasteiger partial charge is 0.337 e. The minimum atomic E-state index is -0.454. The van der Waals surface area contributed by atoms with Crippen molar-refractivity contribution in [3.8, 4) is 0 Å². The first-order chi connectivity index (χ1) is 12.6. The van der Waals surface area contributed by atoms with E-state index >= 15 is 0 Å². The van der Waals surface area contributed by atoms with Crippen molar-refractivity contribution in [2.45, 2.75) is 0 Å². The Morgan fingerprint density at radius 1 is 1.00 bits per heavy atom. The molecule has 7 heteroatoms. The number of nitrogens with one attached hydrogen (secondary N) is 1. The second-order valence-electron chi connectivity index (χ2n) is 5.92. The van der Waals surface area contributed by atoms with Crippen LogP contribution in [-0.4, -0.2) is 50.2 Å². The molecule has 2 aromatic rings. The summed E-state index contributed by atoms with van der Waals surface area (Å²) in [6, 6.07) is 13.0. The number of urea groups is 1. The van der Waals surface area contributed by atoms with E-state index in [2.05, 4.69) is 15.0 Å². The van der Waals surface area contributed by atoms with E-state index in [0.29, 0.717) is 31.7 Å². The van der Waals surface area contributed by atoms with Crippen LogP contribution in [0.3, 0.4) is 0 Å². The third-order valence-corrected chi connectivity index (χ3v) is 4.34. The molecule has 0 radical (unpaired) electrons. The van der Waals surface area contributed by atoms with Gasteiger partial charge in [-0.05, 0) is 36.4 Å². The molecule has 2 amide bonds. The number of ether oxygens (including phenoxy) is 1. The van der Waals surface area contributed by atoms with Crippen LogP contribution in [0.2, 0.25) is 0 Å². The number of carbonyl (C=O) groups is 2. The number of nitrogens with zero attached hydrogens (tertiary/aromatic N) is 2. The molecule has 1 heterocycles. The normalized spacial score (nSPS) is 14.1. The number of piperazine rings is 1. The van der Waals surface area contributed by atoms with Gasteiger partial charge >= 0.3 is 12.0 Å². The topological polar surface area (TPSA) is 61.9 Å². The first-order valence-corrected chi connectivity index (χ1v) is 8.32. The Labute approximate surface area is 151 Å². The van der Waals surface area contributed by atoms with Gasteiger partial charge in [0.05, 0.1) is 18.4 Å². The maximum absolute atomic E-state index is 13.6. The lowest BCUT2D eigenvalue weighted by molar-refractivity contribution is 0.0600. The summed E-state index contributed by atoms with van der Waals surface area (Å²) in [5.74, 6) is -0.823. The van der Waals surface area contributed by atoms with E-state index in [9.17, 15) is 14.0 Å². The summed E-state index contributed by atoms with van der Waals surface area (Å²) in [4.78, 5) is 27.6. The molecule has 6 nitrogen and oxygen atoms in total. The van der Waals surface area contributed by atoms with Crippen LogP contribution in [0.25, 0.3) is 0 Å². The Bertz CT molecular complexity index is 787. The van der Waals surface area contributed by atoms with E-state index in [1.54, 1.807) is 29.2 Å². The van der Waals surface area contributed by atoms with E-state index < -0.39 is 5.82 Å². The Hall–Kier alpha value is -3.09. The van der Waals surface area contributed by atoms with E-state index in [4.69, 9.17) is 0 Å². The summed E-state index contributed by atoms with van der Waals surface area (Å²) in [6.45, 7) is 2.36. The number of hydrogen-bond acceptors (Lipinski definition) is 4. The summed E-state index contributed by atoms with van der Waals surface area (Å²) >= 11 is 0. The van der Waals surface area contributed by atoms with E-state index in [1.807, 2.05) is 12.1 Å². The zero-order valence-electron chi connectivity index (χ0n) is 14.4. The molecular formula is C19H20FN3O3. The molecule has 26 heavy (non-hydrogen) atoms. The van der Waals surface area contributed by atoms with Gasteiger partial charge < -0.3 is 19.9 Å². The van der Waals surface area contributed by atoms with Crippen LogP contribution >= 0.6 is 0 Å². The van der Waals surface area contributed by atoms with Crippen LogP contribution < -0.4 is 10.2 Å². The zero-order valence-corrected chi connectivity index (χ0v) is 14.4. The summed E-state index contributed by atoms with van der Waals surface area (Å²) in [7, 11) is 1.35. The molecule has 0 spiro atoms. The largest absolute Gasteiger partial charge is 0.465 e. The quantitative estimate of drug-likeness (QED) is 0.858. The average molecular weight is 357 g/mol. The minimum absolute atomic E-state index is 0.179. The third kappa shape index (κ3) is 3.93. The Morgan fingerprint density at radius 2 is 1.65 bits per heavy atom. The predicted octanol–water partition coefficient (Wildman–Crippen LogP) is 2.97. The van der Waals surface area contributed by atoms with Crippen LogP contribution in [0, 0.1) is 5.82 Å². The Balaban J connectivity index is 1.56. The van der Waals surface area contributed by atoms with Gasteiger partial charge in [-0.3, -0.25) is 0 Å². The molecule has 2 aromatic carbocycles. The highest BCUT2D eigenvalue weighted by atomic mass is 19.1. The van der Waals surface area contributed by atoms with Crippen molar-refractivity contribution in [2.24, 2.45) is 0 Å². The Kier molecular flexibility index (Phi) is 5.36. The minimum Gasteiger partial charge on any atom is -0.465 e. The molecule has 0 aromatic heterocycles. The van der Waals surface area contributed by atoms with Crippen LogP contribution in [0.15, 0.2) is 48.5 Å². The van der Waals surface area contributed by atoms with Crippen molar-refractivity contribution >= 4 is 23.4 Å². The molecule has 1 N–H and O–H groups in total. The van der Waals surface area contributed by atoms with Crippen molar-refractivity contribution in [1.82, 2.24) is 4.90 Å². The molecule has 1 fully saturated rings. The second kappa shape index (κ2) is 7.86. The predicted molar refractivity (Wildman–Crippen MR) is 97.0 cm³/mol. The van der Waals surface area contributed by atoms with E-state index in [-0.39, 0.29) is 17.7 Å². The highest BCUT2D eigenvalue weighted by molar-refractivity contribution is 5.90. The number of esters is 1. The van der Waals surface area contributed by atoms with Gasteiger partial charge in [0.2, 0.25) is 0 Å². The van der Waals surface area contributed by atoms with Crippen molar-refractivity contribution in [3.63, 3.8) is 0 Å². The zero-order chi connectivity index (χ0) is 18.5. The summed E-state index contributed by atoms with van der Waals surface area (Å²) in [5, 5.41) is 2.60.